The fraction of sp³-hybridized carbons (Fsp3) is 0. The number of hydrogen-bond donors (Lipinski definition) is 2. The second-order valence-electron chi connectivity index (χ2n) is 5.48. The molecular formula is C16H10ClN5O4. The van der Waals surface area contributed by atoms with Crippen molar-refractivity contribution < 1.29 is 14.5 Å². The number of benzene rings is 2. The average molecular weight is 372 g/mol. The third kappa shape index (κ3) is 2.33. The van der Waals surface area contributed by atoms with Crippen molar-refractivity contribution >= 4 is 46.3 Å². The quantitative estimate of drug-likeness (QED) is 0.623. The molecule has 2 N–H and O–H groups in total. The molecule has 0 bridgehead atoms. The van der Waals surface area contributed by atoms with Crippen LogP contribution in [0.2, 0.25) is 5.02 Å². The Morgan fingerprint density at radius 2 is 1.73 bits per heavy atom. The van der Waals surface area contributed by atoms with Crippen molar-refractivity contribution in [2.24, 2.45) is 0 Å². The molecular weight excluding hydrogens is 362 g/mol. The highest BCUT2D eigenvalue weighted by Gasteiger charge is 2.36. The van der Waals surface area contributed by atoms with E-state index in [4.69, 9.17) is 11.6 Å². The maximum absolute atomic E-state index is 12.9. The smallest absolute Gasteiger partial charge is 0.281 e. The molecule has 10 heteroatoms. The lowest BCUT2D eigenvalue weighted by Crippen LogP contribution is -2.30. The SMILES string of the molecule is O=C1NNC2=CC(=O)N(c3ccccc3Cl)c3cc([N+](=O)[O-])ccc3N12. The molecule has 1 saturated heterocycles. The molecule has 0 unspecified atom stereocenters. The fourth-order valence-corrected chi connectivity index (χ4v) is 3.07. The number of urea groups is 1. The zero-order chi connectivity index (χ0) is 18.4. The van der Waals surface area contributed by atoms with Gasteiger partial charge in [0.15, 0.2) is 0 Å². The maximum atomic E-state index is 12.9. The fourth-order valence-electron chi connectivity index (χ4n) is 2.85. The highest BCUT2D eigenvalue weighted by Crippen LogP contribution is 2.43. The van der Waals surface area contributed by atoms with Gasteiger partial charge in [0.25, 0.3) is 11.6 Å². The number of anilines is 3. The van der Waals surface area contributed by atoms with Gasteiger partial charge >= 0.3 is 6.03 Å². The molecule has 2 aliphatic rings. The van der Waals surface area contributed by atoms with E-state index in [-0.39, 0.29) is 22.2 Å². The van der Waals surface area contributed by atoms with E-state index in [2.05, 4.69) is 10.9 Å². The van der Waals surface area contributed by atoms with Crippen LogP contribution in [-0.4, -0.2) is 16.9 Å². The largest absolute Gasteiger partial charge is 0.346 e. The first-order valence-corrected chi connectivity index (χ1v) is 7.80. The summed E-state index contributed by atoms with van der Waals surface area (Å²) in [4.78, 5) is 38.2. The van der Waals surface area contributed by atoms with E-state index in [1.165, 1.54) is 34.1 Å². The van der Waals surface area contributed by atoms with Gasteiger partial charge in [-0.3, -0.25) is 25.2 Å². The monoisotopic (exact) mass is 371 g/mol. The topological polar surface area (TPSA) is 108 Å². The van der Waals surface area contributed by atoms with Crippen LogP contribution in [0.25, 0.3) is 0 Å². The van der Waals surface area contributed by atoms with Crippen molar-refractivity contribution in [1.29, 1.82) is 0 Å². The Bertz CT molecular complexity index is 1010. The third-order valence-corrected chi connectivity index (χ3v) is 4.29. The maximum Gasteiger partial charge on any atom is 0.346 e. The number of amides is 3. The number of hydrazine groups is 1. The van der Waals surface area contributed by atoms with Crippen LogP contribution in [0.5, 0.6) is 0 Å². The average Bonchev–Trinajstić information content (AvgIpc) is 2.91. The zero-order valence-corrected chi connectivity index (χ0v) is 13.7. The Balaban J connectivity index is 2.01. The number of non-ortho nitro benzene ring substituents is 1. The number of nitro groups is 1. The van der Waals surface area contributed by atoms with Gasteiger partial charge in [0.1, 0.15) is 5.82 Å². The molecule has 0 radical (unpaired) electrons. The third-order valence-electron chi connectivity index (χ3n) is 3.97. The Morgan fingerprint density at radius 3 is 2.46 bits per heavy atom. The summed E-state index contributed by atoms with van der Waals surface area (Å²) < 4.78 is 0. The minimum absolute atomic E-state index is 0.169. The van der Waals surface area contributed by atoms with Gasteiger partial charge in [-0.2, -0.15) is 0 Å². The van der Waals surface area contributed by atoms with Crippen molar-refractivity contribution in [3.8, 4) is 0 Å². The minimum Gasteiger partial charge on any atom is -0.281 e. The normalized spacial score (nSPS) is 15.5. The summed E-state index contributed by atoms with van der Waals surface area (Å²) in [6, 6.07) is 10.0. The van der Waals surface area contributed by atoms with E-state index in [9.17, 15) is 19.7 Å². The molecule has 0 atom stereocenters. The van der Waals surface area contributed by atoms with Gasteiger partial charge in [-0.15, -0.1) is 0 Å². The van der Waals surface area contributed by atoms with E-state index >= 15 is 0 Å². The molecule has 9 nitrogen and oxygen atoms in total. The molecule has 2 aromatic rings. The molecule has 26 heavy (non-hydrogen) atoms. The summed E-state index contributed by atoms with van der Waals surface area (Å²) in [7, 11) is 0. The van der Waals surface area contributed by atoms with Crippen molar-refractivity contribution in [1.82, 2.24) is 10.9 Å². The van der Waals surface area contributed by atoms with E-state index in [1.54, 1.807) is 24.3 Å². The summed E-state index contributed by atoms with van der Waals surface area (Å²) in [5.41, 5.74) is 5.61. The van der Waals surface area contributed by atoms with Crippen LogP contribution in [0.4, 0.5) is 27.5 Å². The second kappa shape index (κ2) is 5.74. The summed E-state index contributed by atoms with van der Waals surface area (Å²) in [6.45, 7) is 0. The van der Waals surface area contributed by atoms with E-state index in [0.717, 1.165) is 0 Å². The first kappa shape index (κ1) is 15.9. The van der Waals surface area contributed by atoms with Crippen LogP contribution in [-0.2, 0) is 4.79 Å². The molecule has 3 amide bonds. The van der Waals surface area contributed by atoms with Crippen LogP contribution >= 0.6 is 11.6 Å². The molecule has 1 fully saturated rings. The number of para-hydroxylation sites is 1. The lowest BCUT2D eigenvalue weighted by atomic mass is 10.2. The number of carbonyl (C=O) groups is 2. The Morgan fingerprint density at radius 1 is 0.962 bits per heavy atom. The Kier molecular flexibility index (Phi) is 3.51. The standard InChI is InChI=1S/C16H10ClN5O4/c17-10-3-1-2-4-11(10)20-13-7-9(22(25)26)5-6-12(13)21-14(8-15(20)23)18-19-16(21)24/h1-8,18H,(H,19,24). The molecule has 2 heterocycles. The van der Waals surface area contributed by atoms with Crippen molar-refractivity contribution in [2.45, 2.75) is 0 Å². The van der Waals surface area contributed by atoms with Crippen LogP contribution in [0.15, 0.2) is 54.4 Å². The van der Waals surface area contributed by atoms with Gasteiger partial charge in [-0.25, -0.2) is 15.1 Å². The van der Waals surface area contributed by atoms with E-state index in [1.807, 2.05) is 0 Å². The lowest BCUT2D eigenvalue weighted by molar-refractivity contribution is -0.384. The van der Waals surface area contributed by atoms with Gasteiger partial charge < -0.3 is 0 Å². The van der Waals surface area contributed by atoms with Gasteiger partial charge in [-0.05, 0) is 18.2 Å². The predicted molar refractivity (Wildman–Crippen MR) is 93.9 cm³/mol. The first-order valence-electron chi connectivity index (χ1n) is 7.42. The molecule has 0 aromatic heterocycles. The number of nitro benzene ring substituents is 1. The molecule has 130 valence electrons. The lowest BCUT2D eigenvalue weighted by Gasteiger charge is -2.24. The minimum atomic E-state index is -0.572. The van der Waals surface area contributed by atoms with Gasteiger partial charge in [-0.1, -0.05) is 23.7 Å². The molecule has 2 aromatic carbocycles. The summed E-state index contributed by atoms with van der Waals surface area (Å²) in [6.07, 6.45) is 1.22. The Hall–Kier alpha value is -3.59. The van der Waals surface area contributed by atoms with Crippen LogP contribution in [0.1, 0.15) is 0 Å². The summed E-state index contributed by atoms with van der Waals surface area (Å²) in [5, 5.41) is 11.5. The summed E-state index contributed by atoms with van der Waals surface area (Å²) >= 11 is 6.24. The number of nitrogens with zero attached hydrogens (tertiary/aromatic N) is 3. The Labute approximate surface area is 151 Å². The number of hydrogen-bond acceptors (Lipinski definition) is 5. The van der Waals surface area contributed by atoms with Crippen LogP contribution in [0, 0.1) is 10.1 Å². The molecule has 2 aliphatic heterocycles. The van der Waals surface area contributed by atoms with Crippen molar-refractivity contribution in [2.75, 3.05) is 9.80 Å². The highest BCUT2D eigenvalue weighted by molar-refractivity contribution is 6.34. The van der Waals surface area contributed by atoms with Gasteiger partial charge in [0.2, 0.25) is 0 Å². The zero-order valence-electron chi connectivity index (χ0n) is 13.0. The molecule has 0 spiro atoms. The number of rotatable bonds is 2. The van der Waals surface area contributed by atoms with Crippen molar-refractivity contribution in [3.63, 3.8) is 0 Å². The summed E-state index contributed by atoms with van der Waals surface area (Å²) in [5.74, 6) is -0.300. The molecule has 4 rings (SSSR count). The van der Waals surface area contributed by atoms with Gasteiger partial charge in [0.05, 0.1) is 27.0 Å². The van der Waals surface area contributed by atoms with Crippen molar-refractivity contribution in [3.05, 3.63) is 69.5 Å². The number of nitrogens with one attached hydrogen (secondary N) is 2. The van der Waals surface area contributed by atoms with Gasteiger partial charge in [0, 0.05) is 18.2 Å². The number of fused-ring (bicyclic) bond motifs is 3. The highest BCUT2D eigenvalue weighted by atomic mass is 35.5. The molecule has 0 saturated carbocycles. The number of carbonyl (C=O) groups excluding carboxylic acids is 2. The van der Waals surface area contributed by atoms with Crippen LogP contribution < -0.4 is 20.7 Å². The second-order valence-corrected chi connectivity index (χ2v) is 5.88. The predicted octanol–water partition coefficient (Wildman–Crippen LogP) is 2.80. The van der Waals surface area contributed by atoms with Crippen LogP contribution in [0.3, 0.4) is 0 Å². The first-order chi connectivity index (χ1) is 12.5. The van der Waals surface area contributed by atoms with E-state index in [0.29, 0.717) is 11.4 Å². The number of halogens is 1. The molecule has 0 aliphatic carbocycles. The van der Waals surface area contributed by atoms with E-state index < -0.39 is 16.9 Å².